The molecule has 0 saturated heterocycles. The predicted molar refractivity (Wildman–Crippen MR) is 69.5 cm³/mol. The minimum absolute atomic E-state index is 0.0191. The van der Waals surface area contributed by atoms with Gasteiger partial charge in [-0.05, 0) is 20.3 Å². The standard InChI is InChI=1S/C11H24N2O3S/c1-5-7-11(3,12)10(14)13(6-2)8-9-17(4,15)16/h5-9,12H2,1-4H3. The number of hydrogen-bond donors (Lipinski definition) is 1. The van der Waals surface area contributed by atoms with Crippen LogP contribution in [0.5, 0.6) is 0 Å². The SMILES string of the molecule is CCCC(C)(N)C(=O)N(CC)CCS(C)(=O)=O. The molecule has 0 heterocycles. The molecule has 0 aromatic heterocycles. The summed E-state index contributed by atoms with van der Waals surface area (Å²) < 4.78 is 22.2. The maximum absolute atomic E-state index is 12.1. The summed E-state index contributed by atoms with van der Waals surface area (Å²) in [5, 5.41) is 0. The molecule has 2 N–H and O–H groups in total. The highest BCUT2D eigenvalue weighted by Gasteiger charge is 2.31. The van der Waals surface area contributed by atoms with E-state index in [0.717, 1.165) is 6.42 Å². The molecule has 0 aliphatic heterocycles. The second-order valence-electron chi connectivity index (χ2n) is 4.68. The molecule has 0 radical (unpaired) electrons. The van der Waals surface area contributed by atoms with Gasteiger partial charge in [0, 0.05) is 19.3 Å². The third-order valence-electron chi connectivity index (χ3n) is 2.66. The van der Waals surface area contributed by atoms with Crippen molar-refractivity contribution in [2.24, 2.45) is 5.73 Å². The van der Waals surface area contributed by atoms with E-state index < -0.39 is 15.4 Å². The lowest BCUT2D eigenvalue weighted by atomic mass is 9.96. The first-order valence-corrected chi connectivity index (χ1v) is 7.96. The smallest absolute Gasteiger partial charge is 0.242 e. The molecule has 102 valence electrons. The summed E-state index contributed by atoms with van der Waals surface area (Å²) in [6.45, 7) is 6.17. The van der Waals surface area contributed by atoms with E-state index in [4.69, 9.17) is 5.73 Å². The summed E-state index contributed by atoms with van der Waals surface area (Å²) in [7, 11) is -3.06. The van der Waals surface area contributed by atoms with Crippen LogP contribution >= 0.6 is 0 Å². The van der Waals surface area contributed by atoms with Gasteiger partial charge in [-0.15, -0.1) is 0 Å². The zero-order valence-electron chi connectivity index (χ0n) is 11.2. The molecule has 0 aliphatic rings. The summed E-state index contributed by atoms with van der Waals surface area (Å²) in [5.41, 5.74) is 5.05. The predicted octanol–water partition coefficient (Wildman–Crippen LogP) is 0.397. The zero-order chi connectivity index (χ0) is 13.7. The maximum atomic E-state index is 12.1. The summed E-state index contributed by atoms with van der Waals surface area (Å²) in [6.07, 6.45) is 2.59. The molecule has 1 atom stereocenters. The lowest BCUT2D eigenvalue weighted by molar-refractivity contribution is -0.136. The zero-order valence-corrected chi connectivity index (χ0v) is 12.0. The monoisotopic (exact) mass is 264 g/mol. The lowest BCUT2D eigenvalue weighted by Gasteiger charge is -2.30. The first-order valence-electron chi connectivity index (χ1n) is 5.90. The van der Waals surface area contributed by atoms with Gasteiger partial charge in [-0.25, -0.2) is 8.42 Å². The van der Waals surface area contributed by atoms with Gasteiger partial charge >= 0.3 is 0 Å². The Kier molecular flexibility index (Phi) is 6.12. The molecule has 0 rings (SSSR count). The fourth-order valence-corrected chi connectivity index (χ4v) is 2.22. The molecular weight excluding hydrogens is 240 g/mol. The molecule has 17 heavy (non-hydrogen) atoms. The highest BCUT2D eigenvalue weighted by Crippen LogP contribution is 2.12. The van der Waals surface area contributed by atoms with E-state index in [1.807, 2.05) is 13.8 Å². The van der Waals surface area contributed by atoms with Gasteiger partial charge in [-0.1, -0.05) is 13.3 Å². The largest absolute Gasteiger partial charge is 0.340 e. The number of likely N-dealkylation sites (N-methyl/N-ethyl adjacent to an activating group) is 1. The molecule has 6 heteroatoms. The molecule has 1 unspecified atom stereocenters. The van der Waals surface area contributed by atoms with E-state index >= 15 is 0 Å². The van der Waals surface area contributed by atoms with Crippen LogP contribution in [0.3, 0.4) is 0 Å². The van der Waals surface area contributed by atoms with Crippen LogP contribution in [0.15, 0.2) is 0 Å². The lowest BCUT2D eigenvalue weighted by Crippen LogP contribution is -2.54. The van der Waals surface area contributed by atoms with Gasteiger partial charge in [0.1, 0.15) is 9.84 Å². The summed E-state index contributed by atoms with van der Waals surface area (Å²) >= 11 is 0. The van der Waals surface area contributed by atoms with E-state index in [2.05, 4.69) is 0 Å². The Labute approximate surface area is 104 Å². The van der Waals surface area contributed by atoms with Gasteiger partial charge in [-0.3, -0.25) is 4.79 Å². The third kappa shape index (κ3) is 6.02. The van der Waals surface area contributed by atoms with Crippen LogP contribution in [0.2, 0.25) is 0 Å². The van der Waals surface area contributed by atoms with E-state index in [1.54, 1.807) is 6.92 Å². The van der Waals surface area contributed by atoms with Gasteiger partial charge in [0.15, 0.2) is 0 Å². The first-order chi connectivity index (χ1) is 7.64. The molecule has 0 aromatic rings. The molecule has 0 bridgehead atoms. The van der Waals surface area contributed by atoms with Crippen LogP contribution in [0.4, 0.5) is 0 Å². The van der Waals surface area contributed by atoms with Gasteiger partial charge in [-0.2, -0.15) is 0 Å². The summed E-state index contributed by atoms with van der Waals surface area (Å²) in [5.74, 6) is -0.195. The topological polar surface area (TPSA) is 80.5 Å². The quantitative estimate of drug-likeness (QED) is 0.721. The van der Waals surface area contributed by atoms with Gasteiger partial charge in [0.25, 0.3) is 0 Å². The van der Waals surface area contributed by atoms with Crippen molar-refractivity contribution < 1.29 is 13.2 Å². The van der Waals surface area contributed by atoms with E-state index in [9.17, 15) is 13.2 Å². The number of carbonyl (C=O) groups is 1. The molecule has 0 aromatic carbocycles. The fraction of sp³-hybridized carbons (Fsp3) is 0.909. The van der Waals surface area contributed by atoms with Crippen molar-refractivity contribution >= 4 is 15.7 Å². The van der Waals surface area contributed by atoms with Crippen LogP contribution in [-0.2, 0) is 14.6 Å². The molecule has 5 nitrogen and oxygen atoms in total. The van der Waals surface area contributed by atoms with Crippen LogP contribution in [0.1, 0.15) is 33.6 Å². The minimum Gasteiger partial charge on any atom is -0.340 e. The van der Waals surface area contributed by atoms with Crippen molar-refractivity contribution in [2.45, 2.75) is 39.2 Å². The van der Waals surface area contributed by atoms with Crippen LogP contribution < -0.4 is 5.73 Å². The van der Waals surface area contributed by atoms with E-state index in [1.165, 1.54) is 11.2 Å². The van der Waals surface area contributed by atoms with Crippen molar-refractivity contribution in [3.63, 3.8) is 0 Å². The third-order valence-corrected chi connectivity index (χ3v) is 3.58. The molecular formula is C11H24N2O3S. The Morgan fingerprint density at radius 2 is 1.88 bits per heavy atom. The second kappa shape index (κ2) is 6.35. The molecule has 0 aliphatic carbocycles. The van der Waals surface area contributed by atoms with E-state index in [0.29, 0.717) is 13.0 Å². The molecule has 1 amide bonds. The fourth-order valence-electron chi connectivity index (χ4n) is 1.67. The number of hydrogen-bond acceptors (Lipinski definition) is 4. The normalized spacial score (nSPS) is 15.4. The number of nitrogens with zero attached hydrogens (tertiary/aromatic N) is 1. The summed E-state index contributed by atoms with van der Waals surface area (Å²) in [6, 6.07) is 0. The average molecular weight is 264 g/mol. The number of amides is 1. The first kappa shape index (κ1) is 16.4. The average Bonchev–Trinajstić information content (AvgIpc) is 2.16. The van der Waals surface area contributed by atoms with Crippen LogP contribution in [0, 0.1) is 0 Å². The highest BCUT2D eigenvalue weighted by atomic mass is 32.2. The van der Waals surface area contributed by atoms with Crippen molar-refractivity contribution in [1.82, 2.24) is 4.90 Å². The minimum atomic E-state index is -3.06. The van der Waals surface area contributed by atoms with Crippen molar-refractivity contribution in [1.29, 1.82) is 0 Å². The Bertz CT molecular complexity index is 350. The van der Waals surface area contributed by atoms with Crippen molar-refractivity contribution in [2.75, 3.05) is 25.1 Å². The number of rotatable bonds is 7. The van der Waals surface area contributed by atoms with Crippen molar-refractivity contribution in [3.05, 3.63) is 0 Å². The Hall–Kier alpha value is -0.620. The maximum Gasteiger partial charge on any atom is 0.242 e. The Balaban J connectivity index is 4.61. The highest BCUT2D eigenvalue weighted by molar-refractivity contribution is 7.90. The van der Waals surface area contributed by atoms with Crippen LogP contribution in [0.25, 0.3) is 0 Å². The van der Waals surface area contributed by atoms with Crippen LogP contribution in [-0.4, -0.2) is 49.9 Å². The van der Waals surface area contributed by atoms with Crippen molar-refractivity contribution in [3.8, 4) is 0 Å². The molecule has 0 spiro atoms. The van der Waals surface area contributed by atoms with Gasteiger partial charge in [0.05, 0.1) is 11.3 Å². The number of nitrogens with two attached hydrogens (primary N) is 1. The summed E-state index contributed by atoms with van der Waals surface area (Å²) in [4.78, 5) is 13.6. The number of carbonyl (C=O) groups excluding carboxylic acids is 1. The molecule has 0 saturated carbocycles. The Morgan fingerprint density at radius 1 is 1.35 bits per heavy atom. The molecule has 0 fully saturated rings. The Morgan fingerprint density at radius 3 is 2.24 bits per heavy atom. The van der Waals surface area contributed by atoms with E-state index in [-0.39, 0.29) is 18.2 Å². The second-order valence-corrected chi connectivity index (χ2v) is 6.94. The van der Waals surface area contributed by atoms with Gasteiger partial charge < -0.3 is 10.6 Å². The van der Waals surface area contributed by atoms with Gasteiger partial charge in [0.2, 0.25) is 5.91 Å². The number of sulfone groups is 1.